The van der Waals surface area contributed by atoms with Gasteiger partial charge in [-0.15, -0.1) is 0 Å². The zero-order valence-corrected chi connectivity index (χ0v) is 14.8. The van der Waals surface area contributed by atoms with E-state index in [0.29, 0.717) is 0 Å². The van der Waals surface area contributed by atoms with Crippen LogP contribution in [0.5, 0.6) is 0 Å². The van der Waals surface area contributed by atoms with Crippen LogP contribution in [0.1, 0.15) is 62.5 Å². The lowest BCUT2D eigenvalue weighted by Crippen LogP contribution is -2.35. The number of rotatable bonds is 10. The van der Waals surface area contributed by atoms with Crippen molar-refractivity contribution < 1.29 is 4.74 Å². The minimum atomic E-state index is 0.722. The van der Waals surface area contributed by atoms with E-state index in [1.807, 2.05) is 6.08 Å². The Kier molecular flexibility index (Phi) is 8.41. The summed E-state index contributed by atoms with van der Waals surface area (Å²) >= 11 is 0. The van der Waals surface area contributed by atoms with Crippen molar-refractivity contribution in [2.75, 3.05) is 32.8 Å². The van der Waals surface area contributed by atoms with E-state index >= 15 is 0 Å². The smallest absolute Gasteiger partial charge is 0.0593 e. The van der Waals surface area contributed by atoms with Crippen LogP contribution in [-0.2, 0) is 4.74 Å². The highest BCUT2D eigenvalue weighted by atomic mass is 16.5. The Morgan fingerprint density at radius 2 is 1.83 bits per heavy atom. The maximum Gasteiger partial charge on any atom is 0.0593 e. The topological polar surface area (TPSA) is 12.5 Å². The molecule has 2 heteroatoms. The van der Waals surface area contributed by atoms with Crippen LogP contribution in [0.3, 0.4) is 0 Å². The first kappa shape index (κ1) is 18.2. The maximum absolute atomic E-state index is 5.77. The Morgan fingerprint density at radius 1 is 1.09 bits per heavy atom. The Balaban J connectivity index is 1.59. The van der Waals surface area contributed by atoms with Gasteiger partial charge in [0.25, 0.3) is 0 Å². The monoisotopic (exact) mass is 315 g/mol. The molecule has 0 spiro atoms. The fraction of sp³-hybridized carbons (Fsp3) is 0.619. The molecule has 0 aliphatic carbocycles. The molecule has 0 atom stereocenters. The van der Waals surface area contributed by atoms with Gasteiger partial charge in [0.2, 0.25) is 0 Å². The zero-order chi connectivity index (χ0) is 16.3. The molecule has 0 saturated carbocycles. The predicted octanol–water partition coefficient (Wildman–Crippen LogP) is 5.11. The van der Waals surface area contributed by atoms with Crippen LogP contribution in [0.15, 0.2) is 30.8 Å². The van der Waals surface area contributed by atoms with Crippen LogP contribution >= 0.6 is 0 Å². The van der Waals surface area contributed by atoms with E-state index < -0.39 is 0 Å². The number of piperidine rings is 1. The average molecular weight is 316 g/mol. The highest BCUT2D eigenvalue weighted by Crippen LogP contribution is 2.28. The number of unbranched alkanes of at least 4 members (excludes halogenated alkanes) is 3. The summed E-state index contributed by atoms with van der Waals surface area (Å²) in [5.41, 5.74) is 2.70. The molecule has 1 aliphatic rings. The lowest BCUT2D eigenvalue weighted by atomic mass is 9.89. The van der Waals surface area contributed by atoms with E-state index in [0.717, 1.165) is 25.7 Å². The van der Waals surface area contributed by atoms with Crippen molar-refractivity contribution in [1.29, 1.82) is 0 Å². The summed E-state index contributed by atoms with van der Waals surface area (Å²) in [7, 11) is 0. The van der Waals surface area contributed by atoms with Gasteiger partial charge in [-0.25, -0.2) is 0 Å². The van der Waals surface area contributed by atoms with Gasteiger partial charge < -0.3 is 9.64 Å². The van der Waals surface area contributed by atoms with Crippen LogP contribution in [0, 0.1) is 0 Å². The van der Waals surface area contributed by atoms with E-state index in [4.69, 9.17) is 4.74 Å². The van der Waals surface area contributed by atoms with E-state index in [1.54, 1.807) is 0 Å². The van der Waals surface area contributed by atoms with Gasteiger partial charge in [0.15, 0.2) is 0 Å². The van der Waals surface area contributed by atoms with Crippen LogP contribution in [0.2, 0.25) is 0 Å². The Morgan fingerprint density at radius 3 is 2.48 bits per heavy atom. The lowest BCUT2D eigenvalue weighted by Gasteiger charge is -2.32. The quantitative estimate of drug-likeness (QED) is 0.557. The highest BCUT2D eigenvalue weighted by molar-refractivity contribution is 5.47. The Bertz CT molecular complexity index is 432. The second-order valence-electron chi connectivity index (χ2n) is 6.66. The first-order valence-corrected chi connectivity index (χ1v) is 9.36. The molecule has 0 radical (unpaired) electrons. The molecule has 1 aliphatic heterocycles. The minimum absolute atomic E-state index is 0.722. The summed E-state index contributed by atoms with van der Waals surface area (Å²) < 4.78 is 5.77. The van der Waals surface area contributed by atoms with Crippen LogP contribution < -0.4 is 0 Å². The van der Waals surface area contributed by atoms with Gasteiger partial charge in [-0.2, -0.15) is 0 Å². The first-order chi connectivity index (χ1) is 11.3. The summed E-state index contributed by atoms with van der Waals surface area (Å²) in [5.74, 6) is 0.722. The Hall–Kier alpha value is -1.12. The second-order valence-corrected chi connectivity index (χ2v) is 6.66. The number of ether oxygens (including phenoxy) is 1. The fourth-order valence-corrected chi connectivity index (χ4v) is 3.32. The van der Waals surface area contributed by atoms with Crippen LogP contribution in [-0.4, -0.2) is 37.7 Å². The molecule has 0 N–H and O–H groups in total. The molecule has 1 saturated heterocycles. The van der Waals surface area contributed by atoms with Crippen molar-refractivity contribution in [1.82, 2.24) is 4.90 Å². The van der Waals surface area contributed by atoms with E-state index in [1.165, 1.54) is 62.7 Å². The SMILES string of the molecule is C=Cc1ccc(C2CCN(CCOCCCCCC)CC2)cc1. The van der Waals surface area contributed by atoms with Gasteiger partial charge in [0.1, 0.15) is 0 Å². The molecule has 128 valence electrons. The number of benzene rings is 1. The molecule has 23 heavy (non-hydrogen) atoms. The molecule has 0 amide bonds. The summed E-state index contributed by atoms with van der Waals surface area (Å²) in [6.45, 7) is 11.4. The molecule has 1 heterocycles. The van der Waals surface area contributed by atoms with Crippen molar-refractivity contribution in [3.8, 4) is 0 Å². The average Bonchev–Trinajstić information content (AvgIpc) is 2.61. The number of hydrogen-bond acceptors (Lipinski definition) is 2. The van der Waals surface area contributed by atoms with Crippen molar-refractivity contribution in [3.05, 3.63) is 42.0 Å². The number of likely N-dealkylation sites (tertiary alicyclic amines) is 1. The minimum Gasteiger partial charge on any atom is -0.380 e. The molecule has 2 rings (SSSR count). The van der Waals surface area contributed by atoms with Crippen LogP contribution in [0.25, 0.3) is 6.08 Å². The number of nitrogens with zero attached hydrogens (tertiary/aromatic N) is 1. The molecule has 0 bridgehead atoms. The van der Waals surface area contributed by atoms with E-state index in [2.05, 4.69) is 42.7 Å². The normalized spacial score (nSPS) is 16.6. The third kappa shape index (κ3) is 6.48. The van der Waals surface area contributed by atoms with E-state index in [-0.39, 0.29) is 0 Å². The van der Waals surface area contributed by atoms with Gasteiger partial charge in [-0.05, 0) is 49.4 Å². The van der Waals surface area contributed by atoms with Gasteiger partial charge in [-0.1, -0.05) is 63.1 Å². The highest BCUT2D eigenvalue weighted by Gasteiger charge is 2.20. The van der Waals surface area contributed by atoms with Crippen LogP contribution in [0.4, 0.5) is 0 Å². The summed E-state index contributed by atoms with van der Waals surface area (Å²) in [6, 6.07) is 8.91. The molecular weight excluding hydrogens is 282 g/mol. The number of hydrogen-bond donors (Lipinski definition) is 0. The summed E-state index contributed by atoms with van der Waals surface area (Å²) in [4.78, 5) is 2.56. The molecule has 0 unspecified atom stereocenters. The molecule has 1 aromatic rings. The lowest BCUT2D eigenvalue weighted by molar-refractivity contribution is 0.0913. The summed E-state index contributed by atoms with van der Waals surface area (Å²) in [5, 5.41) is 0. The fourth-order valence-electron chi connectivity index (χ4n) is 3.32. The van der Waals surface area contributed by atoms with Crippen molar-refractivity contribution in [2.24, 2.45) is 0 Å². The zero-order valence-electron chi connectivity index (χ0n) is 14.8. The predicted molar refractivity (Wildman–Crippen MR) is 99.9 cm³/mol. The maximum atomic E-state index is 5.77. The first-order valence-electron chi connectivity index (χ1n) is 9.36. The third-order valence-corrected chi connectivity index (χ3v) is 4.93. The van der Waals surface area contributed by atoms with Crippen molar-refractivity contribution >= 4 is 6.08 Å². The third-order valence-electron chi connectivity index (χ3n) is 4.93. The standard InChI is InChI=1S/C21H33NO/c1-3-5-6-7-17-23-18-16-22-14-12-21(13-15-22)20-10-8-19(4-2)9-11-20/h4,8-11,21H,2-3,5-7,12-18H2,1H3. The van der Waals surface area contributed by atoms with Crippen molar-refractivity contribution in [3.63, 3.8) is 0 Å². The van der Waals surface area contributed by atoms with Gasteiger partial charge in [0.05, 0.1) is 6.61 Å². The molecule has 2 nitrogen and oxygen atoms in total. The Labute approximate surface area is 142 Å². The molecule has 1 fully saturated rings. The largest absolute Gasteiger partial charge is 0.380 e. The van der Waals surface area contributed by atoms with Gasteiger partial charge in [0, 0.05) is 13.2 Å². The second kappa shape index (κ2) is 10.6. The van der Waals surface area contributed by atoms with E-state index in [9.17, 15) is 0 Å². The molecule has 1 aromatic carbocycles. The summed E-state index contributed by atoms with van der Waals surface area (Å²) in [6.07, 6.45) is 9.61. The van der Waals surface area contributed by atoms with Crippen molar-refractivity contribution in [2.45, 2.75) is 51.4 Å². The van der Waals surface area contributed by atoms with Gasteiger partial charge >= 0.3 is 0 Å². The van der Waals surface area contributed by atoms with Gasteiger partial charge in [-0.3, -0.25) is 0 Å². The molecule has 0 aromatic heterocycles. The molecular formula is C21H33NO.